The van der Waals surface area contributed by atoms with Gasteiger partial charge < -0.3 is 4.57 Å². The monoisotopic (exact) mass is 514 g/mol. The minimum atomic E-state index is -3.67. The van der Waals surface area contributed by atoms with Gasteiger partial charge in [-0.05, 0) is 62.0 Å². The molecule has 9 nitrogen and oxygen atoms in total. The first kappa shape index (κ1) is 23.3. The molecule has 0 saturated heterocycles. The summed E-state index contributed by atoms with van der Waals surface area (Å²) < 4.78 is 35.0. The van der Waals surface area contributed by atoms with Crippen molar-refractivity contribution >= 4 is 43.0 Å². The highest BCUT2D eigenvalue weighted by atomic mass is 32.2. The van der Waals surface area contributed by atoms with Gasteiger partial charge in [-0.3, -0.25) is 13.7 Å². The number of benzene rings is 3. The first-order chi connectivity index (χ1) is 17.6. The topological polar surface area (TPSA) is 95.8 Å². The second-order valence-electron chi connectivity index (χ2n) is 9.38. The van der Waals surface area contributed by atoms with E-state index in [0.29, 0.717) is 16.9 Å². The average Bonchev–Trinajstić information content (AvgIpc) is 3.50. The maximum atomic E-state index is 12.7. The summed E-state index contributed by atoms with van der Waals surface area (Å²) in [6, 6.07) is 17.0. The summed E-state index contributed by atoms with van der Waals surface area (Å²) in [7, 11) is 3.22. The van der Waals surface area contributed by atoms with Crippen molar-refractivity contribution in [1.29, 1.82) is 0 Å². The van der Waals surface area contributed by atoms with E-state index in [1.807, 2.05) is 36.0 Å². The first-order valence-corrected chi connectivity index (χ1v) is 13.3. The zero-order valence-electron chi connectivity index (χ0n) is 21.1. The number of nitrogens with one attached hydrogen (secondary N) is 1. The number of hydrogen-bond acceptors (Lipinski definition) is 4. The van der Waals surface area contributed by atoms with Gasteiger partial charge in [-0.2, -0.15) is 0 Å². The first-order valence-electron chi connectivity index (χ1n) is 11.8. The Morgan fingerprint density at radius 2 is 1.59 bits per heavy atom. The molecule has 0 bridgehead atoms. The lowest BCUT2D eigenvalue weighted by molar-refractivity contribution is 0.588. The van der Waals surface area contributed by atoms with Gasteiger partial charge in [0, 0.05) is 49.5 Å². The van der Waals surface area contributed by atoms with Crippen molar-refractivity contribution in [3.8, 4) is 17.1 Å². The zero-order chi connectivity index (χ0) is 26.2. The second kappa shape index (κ2) is 7.92. The Labute approximate surface area is 213 Å². The van der Waals surface area contributed by atoms with Crippen LogP contribution < -0.4 is 10.4 Å². The molecule has 1 N–H and O–H groups in total. The Balaban J connectivity index is 1.73. The quantitative estimate of drug-likeness (QED) is 0.389. The summed E-state index contributed by atoms with van der Waals surface area (Å²) >= 11 is 0. The Morgan fingerprint density at radius 1 is 0.838 bits per heavy atom. The third-order valence-electron chi connectivity index (χ3n) is 7.11. The van der Waals surface area contributed by atoms with Crippen LogP contribution >= 0.6 is 0 Å². The van der Waals surface area contributed by atoms with Gasteiger partial charge in [0.2, 0.25) is 10.0 Å². The number of imidazole rings is 2. The Kier molecular flexibility index (Phi) is 4.98. The zero-order valence-corrected chi connectivity index (χ0v) is 22.0. The van der Waals surface area contributed by atoms with Crippen LogP contribution in [0, 0.1) is 6.92 Å². The Hall–Kier alpha value is -4.15. The molecule has 6 aromatic rings. The maximum absolute atomic E-state index is 12.7. The van der Waals surface area contributed by atoms with Crippen LogP contribution in [0.25, 0.3) is 50.0 Å². The number of aromatic nitrogens is 5. The van der Waals surface area contributed by atoms with E-state index in [9.17, 15) is 13.2 Å². The maximum Gasteiger partial charge on any atom is 0.328 e. The van der Waals surface area contributed by atoms with Gasteiger partial charge >= 0.3 is 5.69 Å². The predicted molar refractivity (Wildman–Crippen MR) is 146 cm³/mol. The summed E-state index contributed by atoms with van der Waals surface area (Å²) in [6.45, 7) is 2.06. The van der Waals surface area contributed by atoms with Crippen molar-refractivity contribution in [3.05, 3.63) is 76.8 Å². The van der Waals surface area contributed by atoms with Crippen LogP contribution in [0.2, 0.25) is 0 Å². The van der Waals surface area contributed by atoms with Crippen molar-refractivity contribution in [2.24, 2.45) is 21.1 Å². The molecule has 3 heterocycles. The van der Waals surface area contributed by atoms with Crippen molar-refractivity contribution in [1.82, 2.24) is 28.0 Å². The SMILES string of the molecule is CNS(=O)(=O)c1ccc2nc(-c3cn(C)c4cc(C)ccc34)n(-c3ccc4c(c3)n(C)c(=O)n4C)c2c1. The highest BCUT2D eigenvalue weighted by molar-refractivity contribution is 7.89. The van der Waals surface area contributed by atoms with Crippen LogP contribution in [0.5, 0.6) is 0 Å². The number of fused-ring (bicyclic) bond motifs is 3. The Bertz CT molecular complexity index is 2060. The van der Waals surface area contributed by atoms with Gasteiger partial charge in [-0.25, -0.2) is 22.9 Å². The van der Waals surface area contributed by atoms with E-state index in [-0.39, 0.29) is 10.6 Å². The van der Waals surface area contributed by atoms with Crippen molar-refractivity contribution in [2.45, 2.75) is 11.8 Å². The molecule has 0 aliphatic rings. The molecule has 0 aliphatic heterocycles. The molecule has 0 amide bonds. The smallest absolute Gasteiger partial charge is 0.328 e. The fraction of sp³-hybridized carbons (Fsp3) is 0.185. The Morgan fingerprint density at radius 3 is 2.35 bits per heavy atom. The summed E-state index contributed by atoms with van der Waals surface area (Å²) in [5.41, 5.74) is 6.70. The van der Waals surface area contributed by atoms with Crippen LogP contribution in [-0.2, 0) is 31.2 Å². The molecule has 37 heavy (non-hydrogen) atoms. The standard InChI is InChI=1S/C27H26N6O3S/c1-16-6-9-19-20(15-30(3)23(19)12-16)26-29-21-10-8-18(37(35,36)28-2)14-24(21)33(26)17-7-11-22-25(13-17)32(5)27(34)31(22)4/h6-15,28H,1-5H3. The van der Waals surface area contributed by atoms with Crippen LogP contribution in [0.1, 0.15) is 5.56 Å². The van der Waals surface area contributed by atoms with Gasteiger partial charge in [0.1, 0.15) is 5.82 Å². The van der Waals surface area contributed by atoms with Crippen molar-refractivity contribution in [2.75, 3.05) is 7.05 Å². The fourth-order valence-corrected chi connectivity index (χ4v) is 5.84. The highest BCUT2D eigenvalue weighted by Gasteiger charge is 2.22. The number of hydrogen-bond donors (Lipinski definition) is 1. The molecule has 0 aliphatic carbocycles. The van der Waals surface area contributed by atoms with E-state index in [4.69, 9.17) is 4.98 Å². The van der Waals surface area contributed by atoms with E-state index in [1.54, 1.807) is 41.4 Å². The number of sulfonamides is 1. The lowest BCUT2D eigenvalue weighted by Gasteiger charge is -2.11. The van der Waals surface area contributed by atoms with E-state index >= 15 is 0 Å². The molecule has 0 atom stereocenters. The molecule has 0 radical (unpaired) electrons. The number of nitrogens with zero attached hydrogens (tertiary/aromatic N) is 5. The molecule has 10 heteroatoms. The van der Waals surface area contributed by atoms with Crippen molar-refractivity contribution in [3.63, 3.8) is 0 Å². The highest BCUT2D eigenvalue weighted by Crippen LogP contribution is 2.35. The molecule has 3 aromatic carbocycles. The molecule has 3 aromatic heterocycles. The number of aryl methyl sites for hydroxylation is 4. The molecule has 0 unspecified atom stereocenters. The molecule has 0 fully saturated rings. The van der Waals surface area contributed by atoms with Gasteiger partial charge in [-0.15, -0.1) is 0 Å². The summed E-state index contributed by atoms with van der Waals surface area (Å²) in [5, 5.41) is 1.04. The van der Waals surface area contributed by atoms with E-state index in [0.717, 1.165) is 38.8 Å². The average molecular weight is 515 g/mol. The number of rotatable bonds is 4. The summed E-state index contributed by atoms with van der Waals surface area (Å²) in [5.74, 6) is 0.684. The molecule has 0 saturated carbocycles. The van der Waals surface area contributed by atoms with Gasteiger partial charge in [0.15, 0.2) is 0 Å². The minimum Gasteiger partial charge on any atom is -0.350 e. The molecule has 6 rings (SSSR count). The molecular formula is C27H26N6O3S. The van der Waals surface area contributed by atoms with Crippen LogP contribution in [0.15, 0.2) is 70.5 Å². The minimum absolute atomic E-state index is 0.116. The summed E-state index contributed by atoms with van der Waals surface area (Å²) in [6.07, 6.45) is 2.05. The molecular weight excluding hydrogens is 488 g/mol. The van der Waals surface area contributed by atoms with Crippen molar-refractivity contribution < 1.29 is 8.42 Å². The molecule has 188 valence electrons. The van der Waals surface area contributed by atoms with Crippen LogP contribution in [0.3, 0.4) is 0 Å². The second-order valence-corrected chi connectivity index (χ2v) is 11.3. The van der Waals surface area contributed by atoms with Gasteiger partial charge in [-0.1, -0.05) is 12.1 Å². The van der Waals surface area contributed by atoms with Crippen LogP contribution in [0.4, 0.5) is 0 Å². The predicted octanol–water partition coefficient (Wildman–Crippen LogP) is 3.59. The largest absolute Gasteiger partial charge is 0.350 e. The normalized spacial score (nSPS) is 12.4. The van der Waals surface area contributed by atoms with Gasteiger partial charge in [0.05, 0.1) is 27.0 Å². The van der Waals surface area contributed by atoms with E-state index in [1.165, 1.54) is 7.05 Å². The lowest BCUT2D eigenvalue weighted by Crippen LogP contribution is -2.19. The third-order valence-corrected chi connectivity index (χ3v) is 8.52. The molecule has 0 spiro atoms. The lowest BCUT2D eigenvalue weighted by atomic mass is 10.1. The van der Waals surface area contributed by atoms with E-state index in [2.05, 4.69) is 34.4 Å². The fourth-order valence-electron chi connectivity index (χ4n) is 5.09. The third kappa shape index (κ3) is 3.36. The van der Waals surface area contributed by atoms with E-state index < -0.39 is 10.0 Å². The van der Waals surface area contributed by atoms with Gasteiger partial charge in [0.25, 0.3) is 0 Å². The summed E-state index contributed by atoms with van der Waals surface area (Å²) in [4.78, 5) is 17.7. The van der Waals surface area contributed by atoms with Crippen LogP contribution in [-0.4, -0.2) is 38.7 Å².